The van der Waals surface area contributed by atoms with Crippen molar-refractivity contribution in [3.8, 4) is 0 Å². The van der Waals surface area contributed by atoms with Crippen LogP contribution in [0.1, 0.15) is 32.1 Å². The van der Waals surface area contributed by atoms with E-state index < -0.39 is 71.1 Å². The molecule has 4 fully saturated rings. The van der Waals surface area contributed by atoms with Crippen LogP contribution < -0.4 is 11.1 Å². The Bertz CT molecular complexity index is 1040. The molecule has 0 aliphatic carbocycles. The van der Waals surface area contributed by atoms with Gasteiger partial charge < -0.3 is 35.7 Å². The fraction of sp³-hybridized carbons (Fsp3) is 0.789. The molecule has 17 heteroatoms. The Labute approximate surface area is 207 Å². The molecule has 0 amide bonds. The molecule has 0 bridgehead atoms. The molecule has 4 aliphatic heterocycles. The Balaban J connectivity index is 1.36. The summed E-state index contributed by atoms with van der Waals surface area (Å²) in [4.78, 5) is 46.6. The molecule has 2 atom stereocenters. The van der Waals surface area contributed by atoms with Gasteiger partial charge in [-0.1, -0.05) is 6.42 Å². The predicted molar refractivity (Wildman–Crippen MR) is 120 cm³/mol. The zero-order chi connectivity index (χ0) is 26.5. The van der Waals surface area contributed by atoms with Gasteiger partial charge in [0.05, 0.1) is 12.8 Å². The minimum absolute atomic E-state index is 0.0198. The molecule has 1 spiro atoms. The van der Waals surface area contributed by atoms with E-state index in [1.807, 2.05) is 0 Å². The topological polar surface area (TPSA) is 226 Å². The van der Waals surface area contributed by atoms with Crippen LogP contribution in [0.3, 0.4) is 0 Å². The number of hydrogen-bond donors (Lipinski definition) is 5. The number of carbonyl (C=O) groups excluding carboxylic acids is 1. The van der Waals surface area contributed by atoms with E-state index in [9.17, 15) is 32.7 Å². The zero-order valence-electron chi connectivity index (χ0n) is 19.4. The van der Waals surface area contributed by atoms with Crippen molar-refractivity contribution in [3.63, 3.8) is 0 Å². The zero-order valence-corrected chi connectivity index (χ0v) is 20.2. The molecule has 15 nitrogen and oxygen atoms in total. The van der Waals surface area contributed by atoms with E-state index in [2.05, 4.69) is 5.32 Å². The molecule has 0 aromatic rings. The number of hydrogen-bond acceptors (Lipinski definition) is 10. The van der Waals surface area contributed by atoms with E-state index >= 15 is 0 Å². The van der Waals surface area contributed by atoms with Crippen molar-refractivity contribution in [1.29, 1.82) is 0 Å². The van der Waals surface area contributed by atoms with Crippen molar-refractivity contribution < 1.29 is 52.2 Å². The van der Waals surface area contributed by atoms with Crippen LogP contribution in [0.5, 0.6) is 0 Å². The Hall–Kier alpha value is -2.31. The second-order valence-electron chi connectivity index (χ2n) is 10.1. The standard InChI is InChI=1S/C19H29BN4O11S/c21-19(15(29)30)11-23(36(32,33)24-9-17(10-24)3-5-22-17)8-12(19)2-1-4-20-34-16(31)18(35-20,6-13(25)26)7-14(27)28/h12,22H,1-11,21H2,(H,25,26)(H,27,28)(H,29,30)/t12-,19-/m0/s1. The monoisotopic (exact) mass is 532 g/mol. The first-order chi connectivity index (χ1) is 16.7. The van der Waals surface area contributed by atoms with Crippen LogP contribution in [0.4, 0.5) is 0 Å². The number of aliphatic carboxylic acids is 3. The quantitative estimate of drug-likeness (QED) is 0.174. The van der Waals surface area contributed by atoms with Crippen LogP contribution in [0.25, 0.3) is 0 Å². The van der Waals surface area contributed by atoms with E-state index in [1.165, 1.54) is 4.31 Å². The lowest BCUT2D eigenvalue weighted by atomic mass is 9.78. The highest BCUT2D eigenvalue weighted by Crippen LogP contribution is 2.38. The number of nitrogens with one attached hydrogen (secondary N) is 1. The van der Waals surface area contributed by atoms with Gasteiger partial charge in [0.25, 0.3) is 10.2 Å². The third kappa shape index (κ3) is 4.70. The summed E-state index contributed by atoms with van der Waals surface area (Å²) >= 11 is 0. The van der Waals surface area contributed by atoms with Gasteiger partial charge in [-0.2, -0.15) is 17.0 Å². The molecular formula is C19H29BN4O11S. The van der Waals surface area contributed by atoms with Crippen LogP contribution in [0, 0.1) is 5.92 Å². The van der Waals surface area contributed by atoms with Crippen LogP contribution in [0.15, 0.2) is 0 Å². The largest absolute Gasteiger partial charge is 0.528 e. The summed E-state index contributed by atoms with van der Waals surface area (Å²) in [6.45, 7) is 0.981. The van der Waals surface area contributed by atoms with E-state index in [0.717, 1.165) is 17.3 Å². The maximum Gasteiger partial charge on any atom is 0.528 e. The summed E-state index contributed by atoms with van der Waals surface area (Å²) < 4.78 is 39.0. The molecule has 0 aromatic heterocycles. The third-order valence-electron chi connectivity index (χ3n) is 7.54. The minimum Gasteiger partial charge on any atom is -0.507 e. The highest BCUT2D eigenvalue weighted by atomic mass is 32.2. The number of rotatable bonds is 11. The maximum absolute atomic E-state index is 13.1. The summed E-state index contributed by atoms with van der Waals surface area (Å²) in [6.07, 6.45) is -0.513. The van der Waals surface area contributed by atoms with Crippen molar-refractivity contribution >= 4 is 41.2 Å². The average Bonchev–Trinajstić information content (AvgIpc) is 3.17. The molecule has 0 saturated carbocycles. The average molecular weight is 532 g/mol. The maximum atomic E-state index is 13.1. The number of carboxylic acid groups (broad SMARTS) is 3. The summed E-state index contributed by atoms with van der Waals surface area (Å²) in [7, 11) is -5.12. The van der Waals surface area contributed by atoms with Gasteiger partial charge in [-0.25, -0.2) is 0 Å². The van der Waals surface area contributed by atoms with E-state index in [0.29, 0.717) is 13.1 Å². The van der Waals surface area contributed by atoms with Crippen LogP contribution in [-0.2, 0) is 38.7 Å². The van der Waals surface area contributed by atoms with E-state index in [4.69, 9.17) is 25.3 Å². The second kappa shape index (κ2) is 9.22. The normalized spacial score (nSPS) is 29.5. The molecule has 4 rings (SSSR count). The molecule has 4 aliphatic rings. The van der Waals surface area contributed by atoms with Gasteiger partial charge in [-0.15, -0.1) is 0 Å². The molecule has 6 N–H and O–H groups in total. The number of nitrogens with two attached hydrogens (primary N) is 1. The molecule has 0 aromatic carbocycles. The van der Waals surface area contributed by atoms with Crippen molar-refractivity contribution in [2.75, 3.05) is 32.7 Å². The van der Waals surface area contributed by atoms with Gasteiger partial charge in [0.15, 0.2) is 5.60 Å². The Morgan fingerprint density at radius 3 is 2.22 bits per heavy atom. The fourth-order valence-electron chi connectivity index (χ4n) is 5.34. The Kier molecular flexibility index (Phi) is 6.85. The SMILES string of the molecule is N[C@@]1(C(=O)O)CN(S(=O)(=O)N2CC3(CCN3)C2)C[C@@H]1CCCB1OC(=O)C(CC(=O)O)(CC(=O)O)O1. The smallest absolute Gasteiger partial charge is 0.507 e. The molecule has 0 unspecified atom stereocenters. The molecule has 0 radical (unpaired) electrons. The van der Waals surface area contributed by atoms with Gasteiger partial charge in [0, 0.05) is 37.6 Å². The summed E-state index contributed by atoms with van der Waals surface area (Å²) in [6, 6.07) is 0. The molecule has 4 heterocycles. The number of carboxylic acids is 3. The lowest BCUT2D eigenvalue weighted by Crippen LogP contribution is -2.77. The van der Waals surface area contributed by atoms with Crippen molar-refractivity contribution in [2.24, 2.45) is 11.7 Å². The first-order valence-corrected chi connectivity index (χ1v) is 13.0. The van der Waals surface area contributed by atoms with Crippen molar-refractivity contribution in [1.82, 2.24) is 13.9 Å². The molecule has 200 valence electrons. The second-order valence-corrected chi connectivity index (χ2v) is 12.0. The Morgan fingerprint density at radius 1 is 1.11 bits per heavy atom. The molecule has 36 heavy (non-hydrogen) atoms. The van der Waals surface area contributed by atoms with Crippen LogP contribution >= 0.6 is 0 Å². The molecular weight excluding hydrogens is 503 g/mol. The van der Waals surface area contributed by atoms with Gasteiger partial charge in [-0.05, 0) is 25.7 Å². The van der Waals surface area contributed by atoms with Gasteiger partial charge in [0.2, 0.25) is 0 Å². The Morgan fingerprint density at radius 2 is 1.72 bits per heavy atom. The summed E-state index contributed by atoms with van der Waals surface area (Å²) in [5, 5.41) is 31.1. The summed E-state index contributed by atoms with van der Waals surface area (Å²) in [5.41, 5.74) is 2.01. The van der Waals surface area contributed by atoms with E-state index in [1.54, 1.807) is 0 Å². The highest BCUT2D eigenvalue weighted by Gasteiger charge is 2.58. The van der Waals surface area contributed by atoms with E-state index in [-0.39, 0.29) is 37.8 Å². The van der Waals surface area contributed by atoms with Gasteiger partial charge >= 0.3 is 31.0 Å². The van der Waals surface area contributed by atoms with Gasteiger partial charge in [-0.3, -0.25) is 19.2 Å². The fourth-order valence-corrected chi connectivity index (χ4v) is 7.24. The highest BCUT2D eigenvalue weighted by molar-refractivity contribution is 7.86. The van der Waals surface area contributed by atoms with Crippen LogP contribution in [-0.4, -0.2) is 113 Å². The van der Waals surface area contributed by atoms with Crippen molar-refractivity contribution in [2.45, 2.75) is 55.1 Å². The summed E-state index contributed by atoms with van der Waals surface area (Å²) in [5.74, 6) is -6.05. The lowest BCUT2D eigenvalue weighted by Gasteiger charge is -2.55. The van der Waals surface area contributed by atoms with Crippen LogP contribution in [0.2, 0.25) is 6.32 Å². The first-order valence-electron chi connectivity index (χ1n) is 11.6. The minimum atomic E-state index is -3.90. The van der Waals surface area contributed by atoms with Gasteiger partial charge in [0.1, 0.15) is 5.54 Å². The predicted octanol–water partition coefficient (Wildman–Crippen LogP) is -2.48. The number of nitrogens with zero attached hydrogens (tertiary/aromatic N) is 2. The van der Waals surface area contributed by atoms with Crippen molar-refractivity contribution in [3.05, 3.63) is 0 Å². The lowest BCUT2D eigenvalue weighted by molar-refractivity contribution is -0.157. The first kappa shape index (κ1) is 26.7. The number of carbonyl (C=O) groups is 4. The molecule has 4 saturated heterocycles. The third-order valence-corrected chi connectivity index (χ3v) is 9.38.